The lowest BCUT2D eigenvalue weighted by Crippen LogP contribution is -2.66. The topological polar surface area (TPSA) is 6.48 Å². The van der Waals surface area contributed by atoms with E-state index in [9.17, 15) is 0 Å². The summed E-state index contributed by atoms with van der Waals surface area (Å²) >= 11 is 4.06. The number of rotatable bonds is 6. The molecule has 0 saturated carbocycles. The molecule has 2 aromatic heterocycles. The molecule has 1 aliphatic carbocycles. The molecule has 10 aromatic rings. The van der Waals surface area contributed by atoms with Gasteiger partial charge >= 0.3 is 0 Å². The highest BCUT2D eigenvalue weighted by Crippen LogP contribution is 2.67. The Bertz CT molecular complexity index is 3630. The summed E-state index contributed by atoms with van der Waals surface area (Å²) in [6.07, 6.45) is 0. The minimum Gasteiger partial charge on any atom is -0.302 e. The Morgan fingerprint density at radius 1 is 0.286 bits per heavy atom. The predicted molar refractivity (Wildman–Crippen MR) is 370 cm³/mol. The third-order valence-corrected chi connectivity index (χ3v) is 29.0. The first-order valence-corrected chi connectivity index (χ1v) is 38.0. The summed E-state index contributed by atoms with van der Waals surface area (Å²) in [5.41, 5.74) is 17.1. The van der Waals surface area contributed by atoms with Gasteiger partial charge in [0.15, 0.2) is 0 Å². The molecule has 6 heteroatoms. The monoisotopic (exact) mass is 1170 g/mol. The Morgan fingerprint density at radius 3 is 0.714 bits per heavy atom. The Balaban J connectivity index is 1.21. The third kappa shape index (κ3) is 8.46. The van der Waals surface area contributed by atoms with Gasteiger partial charge in [0.2, 0.25) is 0 Å². The highest BCUT2D eigenvalue weighted by molar-refractivity contribution is 7.18. The van der Waals surface area contributed by atoms with Crippen LogP contribution in [-0.2, 0) is 32.5 Å². The molecule has 0 unspecified atom stereocenters. The Morgan fingerprint density at radius 2 is 0.500 bits per heavy atom. The molecule has 8 aromatic carbocycles. The fourth-order valence-electron chi connectivity index (χ4n) is 14.7. The molecule has 424 valence electrons. The van der Waals surface area contributed by atoms with E-state index in [1.807, 2.05) is 22.7 Å². The van der Waals surface area contributed by atoms with Crippen molar-refractivity contribution in [2.75, 3.05) is 9.80 Å². The van der Waals surface area contributed by atoms with E-state index in [1.165, 1.54) is 96.1 Å². The first kappa shape index (κ1) is 56.3. The lowest BCUT2D eigenvalue weighted by Gasteiger charge is -2.54. The molecule has 2 spiro atoms. The van der Waals surface area contributed by atoms with E-state index in [0.29, 0.717) is 0 Å². The van der Waals surface area contributed by atoms with Crippen LogP contribution >= 0.6 is 22.7 Å². The SMILES string of the molecule is CC(C)(C)c1ccc(N(c2ccc(C(C)(C)C)cc2)c2cc3c(s2)C2(c4ccccc4[Si](C)(C)c4ccccc42)c2cc(N(c4ccc(C(C)(C)C)cc4)c4ccc(C(C)(C)C)cc4)sc2C32c3ccccc3[Si](C)(C)c3ccccc32)cc1. The van der Waals surface area contributed by atoms with Crippen LogP contribution in [-0.4, -0.2) is 16.1 Å². The molecule has 0 atom stereocenters. The lowest BCUT2D eigenvalue weighted by atomic mass is 9.55. The van der Waals surface area contributed by atoms with E-state index < -0.39 is 27.0 Å². The van der Waals surface area contributed by atoms with Crippen molar-refractivity contribution in [3.63, 3.8) is 0 Å². The molecular formula is C78H82N2S2Si2. The predicted octanol–water partition coefficient (Wildman–Crippen LogP) is 19.3. The summed E-state index contributed by atoms with van der Waals surface area (Å²) in [6.45, 7) is 38.2. The van der Waals surface area contributed by atoms with Crippen LogP contribution in [0.1, 0.15) is 148 Å². The minimum atomic E-state index is -2.30. The highest BCUT2D eigenvalue weighted by atomic mass is 32.1. The summed E-state index contributed by atoms with van der Waals surface area (Å²) in [6, 6.07) is 82.0. The van der Waals surface area contributed by atoms with E-state index in [-0.39, 0.29) is 21.7 Å². The van der Waals surface area contributed by atoms with Gasteiger partial charge in [0.1, 0.15) is 26.1 Å². The van der Waals surface area contributed by atoms with Crippen molar-refractivity contribution >= 4 is 92.3 Å². The number of anilines is 6. The normalized spacial score (nSPS) is 16.0. The molecule has 4 heterocycles. The average molecular weight is 1170 g/mol. The van der Waals surface area contributed by atoms with Gasteiger partial charge in [-0.2, -0.15) is 0 Å². The van der Waals surface area contributed by atoms with Crippen molar-refractivity contribution in [2.24, 2.45) is 0 Å². The molecule has 13 rings (SSSR count). The van der Waals surface area contributed by atoms with Crippen LogP contribution < -0.4 is 30.5 Å². The number of thiophene rings is 2. The van der Waals surface area contributed by atoms with Gasteiger partial charge in [-0.15, -0.1) is 22.7 Å². The fraction of sp³-hybridized carbons (Fsp3) is 0.282. The summed E-state index contributed by atoms with van der Waals surface area (Å²) < 4.78 is 0. The van der Waals surface area contributed by atoms with Crippen LogP contribution in [0.5, 0.6) is 0 Å². The quantitative estimate of drug-likeness (QED) is 0.153. The van der Waals surface area contributed by atoms with Gasteiger partial charge in [-0.1, -0.05) is 255 Å². The van der Waals surface area contributed by atoms with Crippen molar-refractivity contribution in [1.29, 1.82) is 0 Å². The van der Waals surface area contributed by atoms with E-state index in [4.69, 9.17) is 0 Å². The summed E-state index contributed by atoms with van der Waals surface area (Å²) in [5.74, 6) is 0. The number of fused-ring (bicyclic) bond motifs is 14. The van der Waals surface area contributed by atoms with E-state index in [1.54, 1.807) is 0 Å². The van der Waals surface area contributed by atoms with Crippen molar-refractivity contribution in [2.45, 2.75) is 142 Å². The first-order chi connectivity index (χ1) is 39.7. The van der Waals surface area contributed by atoms with Crippen LogP contribution in [0.15, 0.2) is 206 Å². The second-order valence-electron chi connectivity index (χ2n) is 29.4. The van der Waals surface area contributed by atoms with Crippen LogP contribution in [0.3, 0.4) is 0 Å². The van der Waals surface area contributed by atoms with Gasteiger partial charge in [-0.25, -0.2) is 0 Å². The second kappa shape index (κ2) is 19.4. The standard InChI is InChI=1S/C78H82N2S2Si2/c1-73(2,3)51-33-41-55(42-34-51)79(56-43-35-52(36-44-56)74(4,5)6)69-49-63-71(81-69)78(61-27-19-23-31-67(61)84(15,16)68-32-24-20-28-62(68)78)64-50-70(80(57-45-37-53(38-46-57)75(7,8)9)58-47-39-54(40-48-58)76(10,11)12)82-72(64)77(63)59-25-17-21-29-65(59)83(13,14)66-30-22-18-26-60(66)77/h17-50H,1-16H3. The van der Waals surface area contributed by atoms with Crippen LogP contribution in [0, 0.1) is 0 Å². The fourth-order valence-corrected chi connectivity index (χ4v) is 24.0. The molecule has 0 amide bonds. The third-order valence-electron chi connectivity index (χ3n) is 19.4. The molecule has 0 N–H and O–H groups in total. The lowest BCUT2D eigenvalue weighted by molar-refractivity contribution is 0.590. The molecular weight excluding hydrogens is 1090 g/mol. The maximum Gasteiger partial charge on any atom is 0.113 e. The van der Waals surface area contributed by atoms with Crippen molar-refractivity contribution < 1.29 is 0 Å². The van der Waals surface area contributed by atoms with Crippen molar-refractivity contribution in [3.8, 4) is 0 Å². The molecule has 3 aliphatic rings. The molecule has 0 fully saturated rings. The number of hydrogen-bond acceptors (Lipinski definition) is 4. The number of benzene rings is 8. The summed E-state index contributed by atoms with van der Waals surface area (Å²) in [7, 11) is -4.60. The summed E-state index contributed by atoms with van der Waals surface area (Å²) in [4.78, 5) is 7.99. The number of nitrogens with zero attached hydrogens (tertiary/aromatic N) is 2. The van der Waals surface area contributed by atoms with Crippen molar-refractivity contribution in [1.82, 2.24) is 0 Å². The molecule has 0 saturated heterocycles. The van der Waals surface area contributed by atoms with Gasteiger partial charge < -0.3 is 9.80 Å². The second-order valence-corrected chi connectivity index (χ2v) is 40.2. The van der Waals surface area contributed by atoms with Crippen molar-refractivity contribution in [3.05, 3.63) is 272 Å². The van der Waals surface area contributed by atoms with E-state index >= 15 is 0 Å². The van der Waals surface area contributed by atoms with Crippen LogP contribution in [0.25, 0.3) is 0 Å². The van der Waals surface area contributed by atoms with Gasteiger partial charge in [0, 0.05) is 32.5 Å². The zero-order valence-electron chi connectivity index (χ0n) is 52.3. The maximum atomic E-state index is 2.68. The number of hydrogen-bond donors (Lipinski definition) is 0. The molecule has 0 radical (unpaired) electrons. The Hall–Kier alpha value is -6.81. The highest BCUT2D eigenvalue weighted by Gasteiger charge is 2.63. The largest absolute Gasteiger partial charge is 0.302 e. The molecule has 0 bridgehead atoms. The van der Waals surface area contributed by atoms with Gasteiger partial charge in [-0.3, -0.25) is 0 Å². The van der Waals surface area contributed by atoms with E-state index in [2.05, 4.69) is 325 Å². The van der Waals surface area contributed by atoms with E-state index in [0.717, 1.165) is 22.7 Å². The van der Waals surface area contributed by atoms with Gasteiger partial charge in [0.05, 0.1) is 10.8 Å². The van der Waals surface area contributed by atoms with Gasteiger partial charge in [-0.05, 0) is 159 Å². The average Bonchev–Trinajstić information content (AvgIpc) is 1.24. The minimum absolute atomic E-state index is 0.00776. The van der Waals surface area contributed by atoms with Gasteiger partial charge in [0.25, 0.3) is 0 Å². The first-order valence-electron chi connectivity index (χ1n) is 30.4. The zero-order chi connectivity index (χ0) is 59.3. The smallest absolute Gasteiger partial charge is 0.113 e. The maximum absolute atomic E-state index is 2.68. The zero-order valence-corrected chi connectivity index (χ0v) is 56.0. The van der Waals surface area contributed by atoms with Crippen LogP contribution in [0.2, 0.25) is 26.2 Å². The molecule has 2 nitrogen and oxygen atoms in total. The molecule has 2 aliphatic heterocycles. The Kier molecular flexibility index (Phi) is 13.0. The van der Waals surface area contributed by atoms with Crippen LogP contribution in [0.4, 0.5) is 32.8 Å². The molecule has 84 heavy (non-hydrogen) atoms. The summed E-state index contributed by atoms with van der Waals surface area (Å²) in [5, 5.41) is 8.48. The Labute approximate surface area is 512 Å².